The number of rotatable bonds is 10. The topological polar surface area (TPSA) is 168 Å². The minimum Gasteiger partial charge on any atom is -0.493 e. The Morgan fingerprint density at radius 3 is 2.24 bits per heavy atom. The summed E-state index contributed by atoms with van der Waals surface area (Å²) in [6.07, 6.45) is -6.42. The van der Waals surface area contributed by atoms with E-state index in [0.29, 0.717) is 29.9 Å². The number of aliphatic hydroxyl groups is 6. The Kier molecular flexibility index (Phi) is 8.75. The van der Waals surface area contributed by atoms with Gasteiger partial charge in [0, 0.05) is 12.2 Å². The fraction of sp³-hybridized carbons (Fsp3) is 0.538. The third-order valence-electron chi connectivity index (χ3n) is 6.80. The van der Waals surface area contributed by atoms with Crippen LogP contribution in [0.2, 0.25) is 0 Å². The molecule has 0 saturated carbocycles. The maximum atomic E-state index is 10.3. The van der Waals surface area contributed by atoms with Crippen LogP contribution in [-0.4, -0.2) is 95.4 Å². The number of aryl methyl sites for hydroxylation is 1. The molecular weight excluding hydrogens is 488 g/mol. The van der Waals surface area contributed by atoms with Crippen LogP contribution < -0.4 is 18.9 Å². The fourth-order valence-electron chi connectivity index (χ4n) is 4.78. The van der Waals surface area contributed by atoms with E-state index < -0.39 is 43.4 Å². The molecule has 2 aromatic rings. The predicted molar refractivity (Wildman–Crippen MR) is 129 cm³/mol. The lowest BCUT2D eigenvalue weighted by molar-refractivity contribution is -0.277. The second-order valence-electron chi connectivity index (χ2n) is 9.10. The van der Waals surface area contributed by atoms with Gasteiger partial charge in [-0.05, 0) is 42.2 Å². The molecular formula is C26H34O11. The van der Waals surface area contributed by atoms with Gasteiger partial charge in [-0.15, -0.1) is 0 Å². The third-order valence-corrected chi connectivity index (χ3v) is 6.80. The summed E-state index contributed by atoms with van der Waals surface area (Å²) in [7, 11) is 2.98. The van der Waals surface area contributed by atoms with E-state index in [9.17, 15) is 30.6 Å². The lowest BCUT2D eigenvalue weighted by atomic mass is 9.90. The van der Waals surface area contributed by atoms with Crippen LogP contribution in [0.4, 0.5) is 0 Å². The van der Waals surface area contributed by atoms with Crippen LogP contribution in [0.5, 0.6) is 23.0 Å². The van der Waals surface area contributed by atoms with E-state index in [-0.39, 0.29) is 30.6 Å². The zero-order valence-electron chi connectivity index (χ0n) is 20.7. The molecule has 4 rings (SSSR count). The van der Waals surface area contributed by atoms with Crippen LogP contribution in [0.15, 0.2) is 30.3 Å². The van der Waals surface area contributed by atoms with Gasteiger partial charge < -0.3 is 54.3 Å². The van der Waals surface area contributed by atoms with Gasteiger partial charge in [0.25, 0.3) is 0 Å². The number of aliphatic hydroxyl groups excluding tert-OH is 6. The molecule has 204 valence electrons. The van der Waals surface area contributed by atoms with Crippen molar-refractivity contribution in [2.45, 2.75) is 55.6 Å². The standard InChI is InChI=1S/C26H34O11/c1-33-18-10-14(5-6-17(18)35-26-23(32)22(31)21(30)20(12-29)36-26)24-16(11-28)15-8-13(4-3-7-27)9-19(34-2)25(15)37-24/h5-6,8-10,16,20-24,26-32H,3-4,7,11-12H2,1-2H3. The zero-order valence-corrected chi connectivity index (χ0v) is 20.7. The molecule has 2 aliphatic heterocycles. The number of benzene rings is 2. The smallest absolute Gasteiger partial charge is 0.229 e. The van der Waals surface area contributed by atoms with Crippen LogP contribution in [0.25, 0.3) is 0 Å². The van der Waals surface area contributed by atoms with Crippen molar-refractivity contribution in [2.24, 2.45) is 0 Å². The van der Waals surface area contributed by atoms with E-state index in [1.807, 2.05) is 12.1 Å². The fourth-order valence-corrected chi connectivity index (χ4v) is 4.78. The Balaban J connectivity index is 1.60. The highest BCUT2D eigenvalue weighted by atomic mass is 16.7. The lowest BCUT2D eigenvalue weighted by Gasteiger charge is -2.39. The first-order chi connectivity index (χ1) is 17.9. The molecule has 2 heterocycles. The van der Waals surface area contributed by atoms with Crippen molar-refractivity contribution >= 4 is 0 Å². The molecule has 0 aromatic heterocycles. The van der Waals surface area contributed by atoms with E-state index in [1.54, 1.807) is 25.3 Å². The van der Waals surface area contributed by atoms with Gasteiger partial charge in [0.05, 0.1) is 33.4 Å². The first-order valence-corrected chi connectivity index (χ1v) is 12.1. The van der Waals surface area contributed by atoms with Crippen LogP contribution in [-0.2, 0) is 11.2 Å². The molecule has 1 fully saturated rings. The second-order valence-corrected chi connectivity index (χ2v) is 9.10. The van der Waals surface area contributed by atoms with Gasteiger partial charge in [-0.2, -0.15) is 0 Å². The van der Waals surface area contributed by atoms with Gasteiger partial charge in [0.15, 0.2) is 23.0 Å². The van der Waals surface area contributed by atoms with Crippen molar-refractivity contribution in [3.05, 3.63) is 47.0 Å². The highest BCUT2D eigenvalue weighted by Gasteiger charge is 2.45. The third kappa shape index (κ3) is 5.34. The van der Waals surface area contributed by atoms with Gasteiger partial charge in [0.2, 0.25) is 6.29 Å². The Labute approximate surface area is 214 Å². The van der Waals surface area contributed by atoms with Gasteiger partial charge in [0.1, 0.15) is 30.5 Å². The second kappa shape index (κ2) is 11.8. The maximum absolute atomic E-state index is 10.3. The summed E-state index contributed by atoms with van der Waals surface area (Å²) in [4.78, 5) is 0. The highest BCUT2D eigenvalue weighted by Crippen LogP contribution is 2.51. The molecule has 11 heteroatoms. The Morgan fingerprint density at radius 2 is 1.59 bits per heavy atom. The Bertz CT molecular complexity index is 1060. The Morgan fingerprint density at radius 1 is 0.838 bits per heavy atom. The van der Waals surface area contributed by atoms with Crippen molar-refractivity contribution in [1.29, 1.82) is 0 Å². The summed E-state index contributed by atoms with van der Waals surface area (Å²) in [6, 6.07) is 8.81. The first kappa shape index (κ1) is 27.4. The number of methoxy groups -OCH3 is 2. The van der Waals surface area contributed by atoms with E-state index in [0.717, 1.165) is 11.1 Å². The van der Waals surface area contributed by atoms with Gasteiger partial charge in [-0.25, -0.2) is 0 Å². The molecule has 0 radical (unpaired) electrons. The predicted octanol–water partition coefficient (Wildman–Crippen LogP) is 0.0170. The van der Waals surface area contributed by atoms with Crippen LogP contribution in [0.1, 0.15) is 35.1 Å². The minimum atomic E-state index is -1.57. The van der Waals surface area contributed by atoms with Gasteiger partial charge >= 0.3 is 0 Å². The number of hydrogen-bond acceptors (Lipinski definition) is 11. The molecule has 0 amide bonds. The van der Waals surface area contributed by atoms with Gasteiger partial charge in [-0.3, -0.25) is 0 Å². The van der Waals surface area contributed by atoms with Crippen molar-refractivity contribution in [3.63, 3.8) is 0 Å². The largest absolute Gasteiger partial charge is 0.493 e. The van der Waals surface area contributed by atoms with E-state index in [1.165, 1.54) is 7.11 Å². The van der Waals surface area contributed by atoms with Crippen molar-refractivity contribution in [2.75, 3.05) is 34.0 Å². The van der Waals surface area contributed by atoms with Crippen molar-refractivity contribution in [1.82, 2.24) is 0 Å². The summed E-state index contributed by atoms with van der Waals surface area (Å²) in [5.41, 5.74) is 2.46. The van der Waals surface area contributed by atoms with Crippen molar-refractivity contribution in [3.8, 4) is 23.0 Å². The average Bonchev–Trinajstić information content (AvgIpc) is 3.30. The molecule has 11 nitrogen and oxygen atoms in total. The summed E-state index contributed by atoms with van der Waals surface area (Å²) in [6.45, 7) is -0.691. The summed E-state index contributed by atoms with van der Waals surface area (Å²) in [5, 5.41) is 59.2. The highest BCUT2D eigenvalue weighted by molar-refractivity contribution is 5.56. The number of fused-ring (bicyclic) bond motifs is 1. The molecule has 7 atom stereocenters. The normalized spacial score (nSPS) is 28.9. The average molecular weight is 523 g/mol. The lowest BCUT2D eigenvalue weighted by Crippen LogP contribution is -2.60. The monoisotopic (exact) mass is 522 g/mol. The van der Waals surface area contributed by atoms with Gasteiger partial charge in [-0.1, -0.05) is 12.1 Å². The van der Waals surface area contributed by atoms with E-state index in [4.69, 9.17) is 23.7 Å². The maximum Gasteiger partial charge on any atom is 0.229 e. The van der Waals surface area contributed by atoms with Crippen LogP contribution >= 0.6 is 0 Å². The molecule has 6 N–H and O–H groups in total. The summed E-state index contributed by atoms with van der Waals surface area (Å²) >= 11 is 0. The zero-order chi connectivity index (χ0) is 26.7. The quantitative estimate of drug-likeness (QED) is 0.249. The van der Waals surface area contributed by atoms with E-state index >= 15 is 0 Å². The number of ether oxygens (including phenoxy) is 5. The molecule has 2 aliphatic rings. The van der Waals surface area contributed by atoms with E-state index in [2.05, 4.69) is 0 Å². The number of hydrogen-bond donors (Lipinski definition) is 6. The molecule has 37 heavy (non-hydrogen) atoms. The van der Waals surface area contributed by atoms with Crippen LogP contribution in [0.3, 0.4) is 0 Å². The molecule has 0 spiro atoms. The summed E-state index contributed by atoms with van der Waals surface area (Å²) < 4.78 is 28.5. The molecule has 1 saturated heterocycles. The minimum absolute atomic E-state index is 0.0687. The molecule has 2 aromatic carbocycles. The molecule has 0 bridgehead atoms. The SMILES string of the molecule is COc1cc(C2Oc3c(OC)cc(CCCO)cc3C2CO)ccc1OC1OC(CO)C(O)C(O)C1O. The first-order valence-electron chi connectivity index (χ1n) is 12.1. The Hall–Kier alpha value is -2.64. The molecule has 0 aliphatic carbocycles. The summed E-state index contributed by atoms with van der Waals surface area (Å²) in [5.74, 6) is 1.16. The molecule has 7 unspecified atom stereocenters. The van der Waals surface area contributed by atoms with Crippen molar-refractivity contribution < 1.29 is 54.3 Å². The van der Waals surface area contributed by atoms with Crippen LogP contribution in [0, 0.1) is 0 Å².